The van der Waals surface area contributed by atoms with Gasteiger partial charge in [0.1, 0.15) is 0 Å². The van der Waals surface area contributed by atoms with E-state index in [2.05, 4.69) is 61.5 Å². The molecule has 120 valence electrons. The second-order valence-corrected chi connectivity index (χ2v) is 7.88. The second kappa shape index (κ2) is 8.04. The van der Waals surface area contributed by atoms with Gasteiger partial charge in [-0.2, -0.15) is 0 Å². The van der Waals surface area contributed by atoms with Gasteiger partial charge in [0.05, 0.1) is 0 Å². The van der Waals surface area contributed by atoms with Gasteiger partial charge in [-0.3, -0.25) is 4.79 Å². The van der Waals surface area contributed by atoms with Crippen molar-refractivity contribution >= 4 is 29.6 Å². The number of carbonyl (C=O) groups excluding carboxylic acids is 1. The van der Waals surface area contributed by atoms with Crippen LogP contribution in [0.15, 0.2) is 84.9 Å². The molecule has 3 rings (SSSR count). The fraction of sp³-hybridized carbons (Fsp3) is 0.136. The largest absolute Gasteiger partial charge is 0.294 e. The number of benzene rings is 3. The number of rotatable bonds is 6. The Morgan fingerprint density at radius 2 is 1.25 bits per heavy atom. The summed E-state index contributed by atoms with van der Waals surface area (Å²) in [7, 11) is -0.731. The normalized spacial score (nSPS) is 10.8. The van der Waals surface area contributed by atoms with Gasteiger partial charge >= 0.3 is 0 Å². The Labute approximate surface area is 145 Å². The smallest absolute Gasteiger partial charge is 0.163 e. The molecule has 0 saturated heterocycles. The summed E-state index contributed by atoms with van der Waals surface area (Å²) in [4.78, 5) is 12.6. The molecule has 24 heavy (non-hydrogen) atoms. The van der Waals surface area contributed by atoms with Crippen LogP contribution in [0.5, 0.6) is 0 Å². The average Bonchev–Trinajstić information content (AvgIpc) is 2.64. The fourth-order valence-corrected chi connectivity index (χ4v) is 5.32. The van der Waals surface area contributed by atoms with Gasteiger partial charge in [-0.1, -0.05) is 91.9 Å². The van der Waals surface area contributed by atoms with E-state index in [1.54, 1.807) is 0 Å². The van der Waals surface area contributed by atoms with Crippen LogP contribution < -0.4 is 15.9 Å². The maximum absolute atomic E-state index is 12.6. The molecule has 0 aromatic heterocycles. The summed E-state index contributed by atoms with van der Waals surface area (Å²) in [6.45, 7) is 2.05. The SMILES string of the molecule is CCCC(=O)c1ccccc1P(c1ccccc1)c1ccccc1. The molecule has 0 N–H and O–H groups in total. The minimum atomic E-state index is -0.731. The van der Waals surface area contributed by atoms with Crippen LogP contribution in [0.4, 0.5) is 0 Å². The number of ketones is 1. The van der Waals surface area contributed by atoms with E-state index < -0.39 is 7.92 Å². The lowest BCUT2D eigenvalue weighted by molar-refractivity contribution is 0.0983. The van der Waals surface area contributed by atoms with Gasteiger partial charge in [-0.25, -0.2) is 0 Å². The predicted molar refractivity (Wildman–Crippen MR) is 104 cm³/mol. The highest BCUT2D eigenvalue weighted by atomic mass is 31.1. The van der Waals surface area contributed by atoms with Crippen molar-refractivity contribution in [3.63, 3.8) is 0 Å². The van der Waals surface area contributed by atoms with Gasteiger partial charge < -0.3 is 0 Å². The standard InChI is InChI=1S/C22H21OP/c1-2-11-21(23)20-16-9-10-17-22(20)24(18-12-5-3-6-13-18)19-14-7-4-8-15-19/h3-10,12-17H,2,11H2,1H3. The van der Waals surface area contributed by atoms with E-state index in [0.717, 1.165) is 17.3 Å². The minimum absolute atomic E-state index is 0.243. The van der Waals surface area contributed by atoms with Gasteiger partial charge in [0, 0.05) is 12.0 Å². The summed E-state index contributed by atoms with van der Waals surface area (Å²) >= 11 is 0. The quantitative estimate of drug-likeness (QED) is 0.482. The van der Waals surface area contributed by atoms with E-state index in [1.165, 1.54) is 10.6 Å². The molecule has 0 aliphatic heterocycles. The van der Waals surface area contributed by atoms with Crippen molar-refractivity contribution in [1.29, 1.82) is 0 Å². The third-order valence-electron chi connectivity index (χ3n) is 3.95. The summed E-state index contributed by atoms with van der Waals surface area (Å²) in [6.07, 6.45) is 1.48. The van der Waals surface area contributed by atoms with E-state index in [9.17, 15) is 4.79 Å². The number of hydrogen-bond donors (Lipinski definition) is 0. The Hall–Kier alpha value is -2.24. The molecule has 0 spiro atoms. The molecule has 3 aromatic rings. The van der Waals surface area contributed by atoms with Crippen LogP contribution in [0.3, 0.4) is 0 Å². The van der Waals surface area contributed by atoms with Crippen LogP contribution in [-0.2, 0) is 0 Å². The molecule has 0 unspecified atom stereocenters. The Morgan fingerprint density at radius 3 is 1.79 bits per heavy atom. The Kier molecular flexibility index (Phi) is 5.56. The predicted octanol–water partition coefficient (Wildman–Crippen LogP) is 4.43. The van der Waals surface area contributed by atoms with Crippen LogP contribution in [0.2, 0.25) is 0 Å². The summed E-state index contributed by atoms with van der Waals surface area (Å²) < 4.78 is 0. The molecular weight excluding hydrogens is 311 g/mol. The lowest BCUT2D eigenvalue weighted by Crippen LogP contribution is -2.25. The van der Waals surface area contributed by atoms with Crippen molar-refractivity contribution in [1.82, 2.24) is 0 Å². The number of hydrogen-bond acceptors (Lipinski definition) is 1. The zero-order valence-electron chi connectivity index (χ0n) is 13.9. The molecule has 2 heteroatoms. The zero-order valence-corrected chi connectivity index (χ0v) is 14.7. The first-order chi connectivity index (χ1) is 11.8. The van der Waals surface area contributed by atoms with Gasteiger partial charge in [0.25, 0.3) is 0 Å². The molecule has 1 nitrogen and oxygen atoms in total. The van der Waals surface area contributed by atoms with Gasteiger partial charge in [-0.05, 0) is 30.3 Å². The average molecular weight is 332 g/mol. The van der Waals surface area contributed by atoms with Crippen LogP contribution in [0, 0.1) is 0 Å². The van der Waals surface area contributed by atoms with E-state index in [-0.39, 0.29) is 5.78 Å². The highest BCUT2D eigenvalue weighted by molar-refractivity contribution is 7.80. The molecule has 0 aliphatic carbocycles. The molecular formula is C22H21OP. The molecule has 0 heterocycles. The van der Waals surface area contributed by atoms with Gasteiger partial charge in [0.2, 0.25) is 0 Å². The van der Waals surface area contributed by atoms with E-state index >= 15 is 0 Å². The summed E-state index contributed by atoms with van der Waals surface area (Å²) in [5, 5.41) is 3.70. The lowest BCUT2D eigenvalue weighted by atomic mass is 10.1. The lowest BCUT2D eigenvalue weighted by Gasteiger charge is -2.21. The Morgan fingerprint density at radius 1 is 0.750 bits per heavy atom. The summed E-state index contributed by atoms with van der Waals surface area (Å²) in [5.74, 6) is 0.243. The highest BCUT2D eigenvalue weighted by Crippen LogP contribution is 2.34. The van der Waals surface area contributed by atoms with Crippen LogP contribution in [0.25, 0.3) is 0 Å². The molecule has 0 radical (unpaired) electrons. The van der Waals surface area contributed by atoms with Crippen molar-refractivity contribution in [3.05, 3.63) is 90.5 Å². The summed E-state index contributed by atoms with van der Waals surface area (Å²) in [5.41, 5.74) is 0.873. The van der Waals surface area contributed by atoms with Crippen LogP contribution in [-0.4, -0.2) is 5.78 Å². The van der Waals surface area contributed by atoms with Crippen molar-refractivity contribution < 1.29 is 4.79 Å². The molecule has 3 aromatic carbocycles. The first kappa shape index (κ1) is 16.6. The first-order valence-electron chi connectivity index (χ1n) is 8.33. The maximum Gasteiger partial charge on any atom is 0.163 e. The number of Topliss-reactive ketones (excluding diaryl/α,β-unsaturated/α-hetero) is 1. The second-order valence-electron chi connectivity index (χ2n) is 5.70. The zero-order chi connectivity index (χ0) is 16.8. The third kappa shape index (κ3) is 3.63. The Balaban J connectivity index is 2.16. The highest BCUT2D eigenvalue weighted by Gasteiger charge is 2.21. The van der Waals surface area contributed by atoms with E-state index in [4.69, 9.17) is 0 Å². The van der Waals surface area contributed by atoms with Crippen molar-refractivity contribution in [2.45, 2.75) is 19.8 Å². The van der Waals surface area contributed by atoms with Crippen LogP contribution >= 0.6 is 7.92 Å². The van der Waals surface area contributed by atoms with Crippen molar-refractivity contribution in [3.8, 4) is 0 Å². The molecule has 0 aliphatic rings. The van der Waals surface area contributed by atoms with Crippen LogP contribution in [0.1, 0.15) is 30.1 Å². The number of carbonyl (C=O) groups is 1. The van der Waals surface area contributed by atoms with Gasteiger partial charge in [-0.15, -0.1) is 0 Å². The monoisotopic (exact) mass is 332 g/mol. The molecule has 0 fully saturated rings. The summed E-state index contributed by atoms with van der Waals surface area (Å²) in [6, 6.07) is 29.1. The van der Waals surface area contributed by atoms with Gasteiger partial charge in [0.15, 0.2) is 5.78 Å². The molecule has 0 bridgehead atoms. The third-order valence-corrected chi connectivity index (χ3v) is 6.45. The Bertz CT molecular complexity index is 757. The fourth-order valence-electron chi connectivity index (χ4n) is 2.85. The topological polar surface area (TPSA) is 17.1 Å². The first-order valence-corrected chi connectivity index (χ1v) is 9.68. The van der Waals surface area contributed by atoms with Crippen molar-refractivity contribution in [2.24, 2.45) is 0 Å². The molecule has 0 atom stereocenters. The molecule has 0 amide bonds. The maximum atomic E-state index is 12.6. The molecule has 0 saturated carbocycles. The van der Waals surface area contributed by atoms with E-state index in [1.807, 2.05) is 30.3 Å². The van der Waals surface area contributed by atoms with Crippen molar-refractivity contribution in [2.75, 3.05) is 0 Å². The minimum Gasteiger partial charge on any atom is -0.294 e. The van der Waals surface area contributed by atoms with E-state index in [0.29, 0.717) is 6.42 Å².